The summed E-state index contributed by atoms with van der Waals surface area (Å²) in [7, 11) is 0. The van der Waals surface area contributed by atoms with E-state index in [1.165, 1.54) is 18.4 Å². The molecule has 4 nitrogen and oxygen atoms in total. The first-order valence-corrected chi connectivity index (χ1v) is 8.16. The Bertz CT molecular complexity index is 388. The fourth-order valence-electron chi connectivity index (χ4n) is 2.97. The highest BCUT2D eigenvalue weighted by molar-refractivity contribution is 5.09. The van der Waals surface area contributed by atoms with Crippen LogP contribution in [0.4, 0.5) is 0 Å². The van der Waals surface area contributed by atoms with E-state index >= 15 is 0 Å². The normalized spacial score (nSPS) is 19.0. The van der Waals surface area contributed by atoms with Gasteiger partial charge in [-0.2, -0.15) is 0 Å². The van der Waals surface area contributed by atoms with Crippen LogP contribution in [0, 0.1) is 5.92 Å². The van der Waals surface area contributed by atoms with Crippen molar-refractivity contribution in [2.45, 2.75) is 51.8 Å². The molecule has 1 aliphatic rings. The van der Waals surface area contributed by atoms with Crippen LogP contribution in [0.3, 0.4) is 0 Å². The van der Waals surface area contributed by atoms with E-state index in [-0.39, 0.29) is 6.10 Å². The second-order valence-corrected chi connectivity index (χ2v) is 6.60. The van der Waals surface area contributed by atoms with Crippen LogP contribution >= 0.6 is 0 Å². The molecule has 0 spiro atoms. The third-order valence-electron chi connectivity index (χ3n) is 4.13. The molecule has 1 aliphatic heterocycles. The SMILES string of the molecule is CC(C)CC(O)CNC1CCN(Cc2ccncc2)CC1. The van der Waals surface area contributed by atoms with Crippen molar-refractivity contribution >= 4 is 0 Å². The van der Waals surface area contributed by atoms with Gasteiger partial charge in [-0.15, -0.1) is 0 Å². The number of aromatic nitrogens is 1. The Morgan fingerprint density at radius 2 is 1.95 bits per heavy atom. The van der Waals surface area contributed by atoms with Crippen LogP contribution < -0.4 is 5.32 Å². The molecule has 1 aromatic rings. The summed E-state index contributed by atoms with van der Waals surface area (Å²) in [6.07, 6.45) is 6.73. The third-order valence-corrected chi connectivity index (χ3v) is 4.13. The Morgan fingerprint density at radius 3 is 2.57 bits per heavy atom. The van der Waals surface area contributed by atoms with Crippen molar-refractivity contribution in [2.24, 2.45) is 5.92 Å². The summed E-state index contributed by atoms with van der Waals surface area (Å²) in [6, 6.07) is 4.74. The molecule has 2 rings (SSSR count). The summed E-state index contributed by atoms with van der Waals surface area (Å²) in [5.41, 5.74) is 1.34. The van der Waals surface area contributed by atoms with Crippen LogP contribution in [0.1, 0.15) is 38.7 Å². The maximum Gasteiger partial charge on any atom is 0.0667 e. The zero-order valence-corrected chi connectivity index (χ0v) is 13.3. The first-order chi connectivity index (χ1) is 10.1. The van der Waals surface area contributed by atoms with E-state index in [0.717, 1.165) is 32.6 Å². The van der Waals surface area contributed by atoms with Crippen LogP contribution in [-0.2, 0) is 6.54 Å². The van der Waals surface area contributed by atoms with Gasteiger partial charge < -0.3 is 10.4 Å². The van der Waals surface area contributed by atoms with E-state index in [9.17, 15) is 5.11 Å². The van der Waals surface area contributed by atoms with E-state index in [2.05, 4.69) is 41.2 Å². The Morgan fingerprint density at radius 1 is 1.29 bits per heavy atom. The molecule has 2 heterocycles. The van der Waals surface area contributed by atoms with Gasteiger partial charge in [0.1, 0.15) is 0 Å². The standard InChI is InChI=1S/C17H29N3O/c1-14(2)11-17(21)12-19-16-5-9-20(10-6-16)13-15-3-7-18-8-4-15/h3-4,7-8,14,16-17,19,21H,5-6,9-13H2,1-2H3. The Balaban J connectivity index is 1.64. The van der Waals surface area contributed by atoms with Crippen molar-refractivity contribution in [1.82, 2.24) is 15.2 Å². The molecule has 1 saturated heterocycles. The van der Waals surface area contributed by atoms with Gasteiger partial charge in [0.2, 0.25) is 0 Å². The maximum absolute atomic E-state index is 9.92. The van der Waals surface area contributed by atoms with Crippen LogP contribution in [0.2, 0.25) is 0 Å². The number of likely N-dealkylation sites (tertiary alicyclic amines) is 1. The second-order valence-electron chi connectivity index (χ2n) is 6.60. The molecule has 0 radical (unpaired) electrons. The van der Waals surface area contributed by atoms with E-state index in [1.54, 1.807) is 0 Å². The predicted molar refractivity (Wildman–Crippen MR) is 86.0 cm³/mol. The highest BCUT2D eigenvalue weighted by Gasteiger charge is 2.19. The lowest BCUT2D eigenvalue weighted by Crippen LogP contribution is -2.44. The quantitative estimate of drug-likeness (QED) is 0.807. The van der Waals surface area contributed by atoms with Gasteiger partial charge in [-0.3, -0.25) is 9.88 Å². The molecule has 0 saturated carbocycles. The van der Waals surface area contributed by atoms with Gasteiger partial charge in [0.05, 0.1) is 6.10 Å². The number of hydrogen-bond acceptors (Lipinski definition) is 4. The minimum Gasteiger partial charge on any atom is -0.392 e. The number of nitrogens with zero attached hydrogens (tertiary/aromatic N) is 2. The summed E-state index contributed by atoms with van der Waals surface area (Å²) in [5.74, 6) is 0.559. The molecule has 1 fully saturated rings. The largest absolute Gasteiger partial charge is 0.392 e. The smallest absolute Gasteiger partial charge is 0.0667 e. The molecule has 1 aromatic heterocycles. The summed E-state index contributed by atoms with van der Waals surface area (Å²) < 4.78 is 0. The monoisotopic (exact) mass is 291 g/mol. The first-order valence-electron chi connectivity index (χ1n) is 8.16. The molecule has 21 heavy (non-hydrogen) atoms. The van der Waals surface area contributed by atoms with Crippen molar-refractivity contribution in [3.8, 4) is 0 Å². The van der Waals surface area contributed by atoms with Crippen LogP contribution in [0.15, 0.2) is 24.5 Å². The van der Waals surface area contributed by atoms with Gasteiger partial charge in [-0.1, -0.05) is 13.8 Å². The fourth-order valence-corrected chi connectivity index (χ4v) is 2.97. The zero-order chi connectivity index (χ0) is 15.1. The lowest BCUT2D eigenvalue weighted by Gasteiger charge is -2.33. The number of rotatable bonds is 7. The van der Waals surface area contributed by atoms with Gasteiger partial charge >= 0.3 is 0 Å². The molecule has 1 unspecified atom stereocenters. The number of piperidine rings is 1. The van der Waals surface area contributed by atoms with E-state index in [1.807, 2.05) is 12.4 Å². The first kappa shape index (κ1) is 16.4. The minimum atomic E-state index is -0.208. The number of nitrogens with one attached hydrogen (secondary N) is 1. The number of aliphatic hydroxyl groups excluding tert-OH is 1. The van der Waals surface area contributed by atoms with E-state index < -0.39 is 0 Å². The average molecular weight is 291 g/mol. The molecular formula is C17H29N3O. The number of hydrogen-bond donors (Lipinski definition) is 2. The summed E-state index contributed by atoms with van der Waals surface area (Å²) in [6.45, 7) is 8.31. The molecule has 0 bridgehead atoms. The van der Waals surface area contributed by atoms with Crippen LogP contribution in [0.25, 0.3) is 0 Å². The summed E-state index contributed by atoms with van der Waals surface area (Å²) >= 11 is 0. The van der Waals surface area contributed by atoms with Gasteiger partial charge in [0, 0.05) is 31.5 Å². The molecule has 1 atom stereocenters. The van der Waals surface area contributed by atoms with Crippen molar-refractivity contribution in [2.75, 3.05) is 19.6 Å². The number of aliphatic hydroxyl groups is 1. The lowest BCUT2D eigenvalue weighted by atomic mass is 10.0. The molecule has 4 heteroatoms. The third kappa shape index (κ3) is 6.12. The van der Waals surface area contributed by atoms with Gasteiger partial charge in [0.15, 0.2) is 0 Å². The molecule has 118 valence electrons. The zero-order valence-electron chi connectivity index (χ0n) is 13.3. The highest BCUT2D eigenvalue weighted by Crippen LogP contribution is 2.14. The summed E-state index contributed by atoms with van der Waals surface area (Å²) in [5, 5.41) is 13.4. The Hall–Kier alpha value is -0.970. The van der Waals surface area contributed by atoms with Crippen molar-refractivity contribution in [1.29, 1.82) is 0 Å². The van der Waals surface area contributed by atoms with Crippen molar-refractivity contribution in [3.05, 3.63) is 30.1 Å². The molecular weight excluding hydrogens is 262 g/mol. The molecule has 0 aliphatic carbocycles. The molecule has 2 N–H and O–H groups in total. The molecule has 0 aromatic carbocycles. The second kappa shape index (κ2) is 8.47. The maximum atomic E-state index is 9.92. The van der Waals surface area contributed by atoms with Gasteiger partial charge in [-0.25, -0.2) is 0 Å². The van der Waals surface area contributed by atoms with Crippen molar-refractivity contribution in [3.63, 3.8) is 0 Å². The van der Waals surface area contributed by atoms with E-state index in [0.29, 0.717) is 12.0 Å². The highest BCUT2D eigenvalue weighted by atomic mass is 16.3. The number of pyridine rings is 1. The minimum absolute atomic E-state index is 0.208. The summed E-state index contributed by atoms with van der Waals surface area (Å²) in [4.78, 5) is 6.56. The van der Waals surface area contributed by atoms with Crippen molar-refractivity contribution < 1.29 is 5.11 Å². The average Bonchev–Trinajstić information content (AvgIpc) is 2.47. The Labute approximate surface area is 128 Å². The Kier molecular flexibility index (Phi) is 6.61. The van der Waals surface area contributed by atoms with Crippen LogP contribution in [-0.4, -0.2) is 46.8 Å². The van der Waals surface area contributed by atoms with Gasteiger partial charge in [0.25, 0.3) is 0 Å². The predicted octanol–water partition coefficient (Wildman–Crippen LogP) is 2.04. The fraction of sp³-hybridized carbons (Fsp3) is 0.706. The van der Waals surface area contributed by atoms with Crippen LogP contribution in [0.5, 0.6) is 0 Å². The topological polar surface area (TPSA) is 48.4 Å². The van der Waals surface area contributed by atoms with E-state index in [4.69, 9.17) is 0 Å². The lowest BCUT2D eigenvalue weighted by molar-refractivity contribution is 0.130. The molecule has 0 amide bonds. The van der Waals surface area contributed by atoms with Gasteiger partial charge in [-0.05, 0) is 56.0 Å².